The zero-order valence-corrected chi connectivity index (χ0v) is 13.5. The number of alkyl halides is 3. The van der Waals surface area contributed by atoms with Crippen LogP contribution in [0.5, 0.6) is 0 Å². The van der Waals surface area contributed by atoms with Gasteiger partial charge in [0.15, 0.2) is 0 Å². The lowest BCUT2D eigenvalue weighted by Gasteiger charge is -2.21. The molecule has 1 fully saturated rings. The molecular weight excluding hydrogens is 327 g/mol. The Hall–Kier alpha value is -1.21. The predicted octanol–water partition coefficient (Wildman–Crippen LogP) is 3.28. The van der Waals surface area contributed by atoms with E-state index in [-0.39, 0.29) is 12.3 Å². The molecular formula is C16H20F3NO2S. The van der Waals surface area contributed by atoms with Crippen LogP contribution in [0.3, 0.4) is 0 Å². The van der Waals surface area contributed by atoms with Crippen LogP contribution in [0.1, 0.15) is 24.0 Å². The molecule has 128 valence electrons. The summed E-state index contributed by atoms with van der Waals surface area (Å²) in [6.07, 6.45) is -2.36. The smallest absolute Gasteiger partial charge is 0.381 e. The number of nitrogens with one attached hydrogen (secondary N) is 1. The zero-order chi connectivity index (χ0) is 16.7. The number of thioether (sulfide) groups is 1. The van der Waals surface area contributed by atoms with Crippen molar-refractivity contribution in [2.45, 2.75) is 30.7 Å². The van der Waals surface area contributed by atoms with Crippen molar-refractivity contribution < 1.29 is 22.7 Å². The monoisotopic (exact) mass is 347 g/mol. The maximum atomic E-state index is 12.6. The van der Waals surface area contributed by atoms with Gasteiger partial charge in [0.05, 0.1) is 12.0 Å². The first-order valence-corrected chi connectivity index (χ1v) is 8.62. The second-order valence-electron chi connectivity index (χ2n) is 5.41. The molecule has 0 aromatic heterocycles. The van der Waals surface area contributed by atoms with E-state index >= 15 is 0 Å². The van der Waals surface area contributed by atoms with E-state index in [2.05, 4.69) is 5.32 Å². The highest BCUT2D eigenvalue weighted by molar-refractivity contribution is 7.99. The number of hydrogen-bond donors (Lipinski definition) is 1. The van der Waals surface area contributed by atoms with Crippen molar-refractivity contribution in [1.82, 2.24) is 5.32 Å². The molecule has 7 heteroatoms. The third kappa shape index (κ3) is 6.43. The molecule has 1 N–H and O–H groups in total. The Labute approximate surface area is 138 Å². The number of ether oxygens (including phenoxy) is 1. The highest BCUT2D eigenvalue weighted by atomic mass is 32.2. The highest BCUT2D eigenvalue weighted by Gasteiger charge is 2.30. The molecule has 1 aromatic rings. The Morgan fingerprint density at radius 1 is 1.30 bits per heavy atom. The third-order valence-electron chi connectivity index (χ3n) is 3.57. The van der Waals surface area contributed by atoms with Crippen LogP contribution in [0, 0.1) is 0 Å². The molecule has 1 amide bonds. The molecule has 0 radical (unpaired) electrons. The molecule has 0 saturated carbocycles. The standard InChI is InChI=1S/C16H20F3NO2S/c17-16(18,19)13-3-1-2-12(10-13)11-15(21)20-6-9-23-14-4-7-22-8-5-14/h1-3,10,14H,4-9,11H2,(H,20,21). The van der Waals surface area contributed by atoms with Crippen LogP contribution >= 0.6 is 11.8 Å². The molecule has 0 unspecified atom stereocenters. The Morgan fingerprint density at radius 2 is 2.04 bits per heavy atom. The van der Waals surface area contributed by atoms with E-state index in [4.69, 9.17) is 4.74 Å². The molecule has 3 nitrogen and oxygen atoms in total. The quantitative estimate of drug-likeness (QED) is 0.803. The Bertz CT molecular complexity index is 516. The number of halogens is 3. The fourth-order valence-electron chi connectivity index (χ4n) is 2.36. The van der Waals surface area contributed by atoms with Gasteiger partial charge >= 0.3 is 6.18 Å². The van der Waals surface area contributed by atoms with Crippen molar-refractivity contribution in [2.75, 3.05) is 25.5 Å². The van der Waals surface area contributed by atoms with Gasteiger partial charge in [-0.15, -0.1) is 0 Å². The maximum Gasteiger partial charge on any atom is 0.416 e. The largest absolute Gasteiger partial charge is 0.416 e. The van der Waals surface area contributed by atoms with Crippen molar-refractivity contribution in [3.05, 3.63) is 35.4 Å². The van der Waals surface area contributed by atoms with Crippen LogP contribution in [0.25, 0.3) is 0 Å². The predicted molar refractivity (Wildman–Crippen MR) is 84.5 cm³/mol. The Morgan fingerprint density at radius 3 is 2.74 bits per heavy atom. The summed E-state index contributed by atoms with van der Waals surface area (Å²) in [5.74, 6) is 0.552. The number of carbonyl (C=O) groups is 1. The van der Waals surface area contributed by atoms with Crippen LogP contribution in [-0.2, 0) is 22.1 Å². The van der Waals surface area contributed by atoms with Gasteiger partial charge < -0.3 is 10.1 Å². The van der Waals surface area contributed by atoms with E-state index in [1.54, 1.807) is 0 Å². The van der Waals surface area contributed by atoms with E-state index in [1.165, 1.54) is 12.1 Å². The summed E-state index contributed by atoms with van der Waals surface area (Å²) in [7, 11) is 0. The van der Waals surface area contributed by atoms with Gasteiger partial charge in [-0.3, -0.25) is 4.79 Å². The molecule has 0 aliphatic carbocycles. The molecule has 1 aliphatic heterocycles. The average Bonchev–Trinajstić information content (AvgIpc) is 2.52. The van der Waals surface area contributed by atoms with Gasteiger partial charge in [0.25, 0.3) is 0 Å². The summed E-state index contributed by atoms with van der Waals surface area (Å²) in [5, 5.41) is 3.33. The number of hydrogen-bond acceptors (Lipinski definition) is 3. The number of rotatable bonds is 6. The van der Waals surface area contributed by atoms with Gasteiger partial charge in [0.1, 0.15) is 0 Å². The summed E-state index contributed by atoms with van der Waals surface area (Å²) < 4.78 is 43.1. The van der Waals surface area contributed by atoms with Crippen LogP contribution in [0.4, 0.5) is 13.2 Å². The van der Waals surface area contributed by atoms with Crippen LogP contribution in [0.2, 0.25) is 0 Å². The molecule has 23 heavy (non-hydrogen) atoms. The van der Waals surface area contributed by atoms with E-state index in [9.17, 15) is 18.0 Å². The minimum Gasteiger partial charge on any atom is -0.381 e. The van der Waals surface area contributed by atoms with Crippen molar-refractivity contribution in [2.24, 2.45) is 0 Å². The van der Waals surface area contributed by atoms with Gasteiger partial charge in [0.2, 0.25) is 5.91 Å². The SMILES string of the molecule is O=C(Cc1cccc(C(F)(F)F)c1)NCCSC1CCOCC1. The summed E-state index contributed by atoms with van der Waals surface area (Å²) in [5.41, 5.74) is -0.354. The topological polar surface area (TPSA) is 38.3 Å². The van der Waals surface area contributed by atoms with Crippen molar-refractivity contribution in [1.29, 1.82) is 0 Å². The van der Waals surface area contributed by atoms with Gasteiger partial charge in [-0.1, -0.05) is 18.2 Å². The molecule has 0 atom stereocenters. The number of carbonyl (C=O) groups excluding carboxylic acids is 1. The molecule has 1 aliphatic rings. The lowest BCUT2D eigenvalue weighted by molar-refractivity contribution is -0.137. The molecule has 0 bridgehead atoms. The van der Waals surface area contributed by atoms with Crippen molar-refractivity contribution >= 4 is 17.7 Å². The van der Waals surface area contributed by atoms with Gasteiger partial charge in [-0.05, 0) is 24.5 Å². The summed E-state index contributed by atoms with van der Waals surface area (Å²) in [4.78, 5) is 11.8. The first-order valence-electron chi connectivity index (χ1n) is 7.57. The molecule has 2 rings (SSSR count). The summed E-state index contributed by atoms with van der Waals surface area (Å²) in [6.45, 7) is 2.11. The van der Waals surface area contributed by atoms with Crippen molar-refractivity contribution in [3.8, 4) is 0 Å². The van der Waals surface area contributed by atoms with E-state index in [1.807, 2.05) is 11.8 Å². The Kier molecular flexibility index (Phi) is 6.77. The average molecular weight is 347 g/mol. The van der Waals surface area contributed by atoms with Crippen LogP contribution in [0.15, 0.2) is 24.3 Å². The highest BCUT2D eigenvalue weighted by Crippen LogP contribution is 2.29. The van der Waals surface area contributed by atoms with Crippen LogP contribution in [-0.4, -0.2) is 36.7 Å². The molecule has 1 heterocycles. The molecule has 1 aromatic carbocycles. The van der Waals surface area contributed by atoms with E-state index < -0.39 is 11.7 Å². The normalized spacial score (nSPS) is 16.3. The van der Waals surface area contributed by atoms with Gasteiger partial charge in [-0.2, -0.15) is 24.9 Å². The Balaban J connectivity index is 1.70. The second kappa shape index (κ2) is 8.59. The zero-order valence-electron chi connectivity index (χ0n) is 12.7. The second-order valence-corrected chi connectivity index (χ2v) is 6.82. The number of amides is 1. The molecule has 0 spiro atoms. The first-order chi connectivity index (χ1) is 10.9. The van der Waals surface area contributed by atoms with Gasteiger partial charge in [-0.25, -0.2) is 0 Å². The van der Waals surface area contributed by atoms with E-state index in [0.29, 0.717) is 17.4 Å². The number of benzene rings is 1. The fourth-order valence-corrected chi connectivity index (χ4v) is 3.44. The maximum absolute atomic E-state index is 12.6. The van der Waals surface area contributed by atoms with E-state index in [0.717, 1.165) is 43.9 Å². The summed E-state index contributed by atoms with van der Waals surface area (Å²) in [6, 6.07) is 4.89. The first kappa shape index (κ1) is 18.1. The molecule has 1 saturated heterocycles. The minimum absolute atomic E-state index is 0.0359. The minimum atomic E-state index is -4.38. The summed E-state index contributed by atoms with van der Waals surface area (Å²) >= 11 is 1.81. The third-order valence-corrected chi connectivity index (χ3v) is 4.95. The fraction of sp³-hybridized carbons (Fsp3) is 0.562. The lowest BCUT2D eigenvalue weighted by Crippen LogP contribution is -2.28. The lowest BCUT2D eigenvalue weighted by atomic mass is 10.1. The van der Waals surface area contributed by atoms with Gasteiger partial charge in [0, 0.05) is 30.8 Å². The van der Waals surface area contributed by atoms with Crippen molar-refractivity contribution in [3.63, 3.8) is 0 Å². The van der Waals surface area contributed by atoms with Crippen LogP contribution < -0.4 is 5.32 Å².